The van der Waals surface area contributed by atoms with Gasteiger partial charge >= 0.3 is 6.18 Å². The van der Waals surface area contributed by atoms with Gasteiger partial charge in [0, 0.05) is 49.6 Å². The highest BCUT2D eigenvalue weighted by atomic mass is 19.4. The first-order valence-corrected chi connectivity index (χ1v) is 11.8. The Bertz CT molecular complexity index is 1250. The molecule has 2 aliphatic heterocycles. The Balaban J connectivity index is 1.45. The summed E-state index contributed by atoms with van der Waals surface area (Å²) in [5.74, 6) is 0.402. The standard InChI is InChI=1S/C24H27F3N6O2/c1-14-11-31(13-20(14)34)22-15(2)12-33-21(29-22)10-17(30-33)19-5-3-4-8-32(19)23(35)18-9-16(6-7-28-18)24(25,26)27/h6-7,9-10,12,14,19-20,34H,3-5,8,11,13H2,1-2H3/t14-,19+,20+/m1/s1. The van der Waals surface area contributed by atoms with Crippen LogP contribution in [0, 0.1) is 12.8 Å². The number of alkyl halides is 3. The lowest BCUT2D eigenvalue weighted by atomic mass is 9.98. The molecule has 8 nitrogen and oxygen atoms in total. The Hall–Kier alpha value is -3.21. The third-order valence-electron chi connectivity index (χ3n) is 6.91. The molecule has 0 bridgehead atoms. The Morgan fingerprint density at radius 3 is 2.71 bits per heavy atom. The number of aryl methyl sites for hydroxylation is 1. The molecule has 0 radical (unpaired) electrons. The fraction of sp³-hybridized carbons (Fsp3) is 0.500. The zero-order valence-corrected chi connectivity index (χ0v) is 19.5. The van der Waals surface area contributed by atoms with Crippen molar-refractivity contribution in [1.82, 2.24) is 24.5 Å². The number of hydrogen-bond acceptors (Lipinski definition) is 6. The Morgan fingerprint density at radius 1 is 1.20 bits per heavy atom. The zero-order valence-electron chi connectivity index (χ0n) is 19.5. The van der Waals surface area contributed by atoms with E-state index >= 15 is 0 Å². The van der Waals surface area contributed by atoms with Crippen LogP contribution in [-0.2, 0) is 6.18 Å². The van der Waals surface area contributed by atoms with Crippen molar-refractivity contribution in [1.29, 1.82) is 0 Å². The SMILES string of the molecule is Cc1cn2nc([C@@H]3CCCCN3C(=O)c3cc(C(F)(F)F)ccn3)cc2nc1N1C[C@@H](C)[C@@H](O)C1. The van der Waals surface area contributed by atoms with E-state index in [9.17, 15) is 23.1 Å². The summed E-state index contributed by atoms with van der Waals surface area (Å²) in [6.07, 6.45) is 0.218. The molecule has 3 atom stereocenters. The number of aliphatic hydroxyl groups excluding tert-OH is 1. The normalized spacial score (nSPS) is 23.3. The van der Waals surface area contributed by atoms with Crippen LogP contribution in [-0.4, -0.2) is 61.2 Å². The summed E-state index contributed by atoms with van der Waals surface area (Å²) in [5, 5.41) is 14.8. The molecule has 5 heterocycles. The molecule has 186 valence electrons. The maximum absolute atomic E-state index is 13.2. The summed E-state index contributed by atoms with van der Waals surface area (Å²) in [5.41, 5.74) is 1.05. The minimum atomic E-state index is -4.55. The topological polar surface area (TPSA) is 86.9 Å². The summed E-state index contributed by atoms with van der Waals surface area (Å²) in [7, 11) is 0. The van der Waals surface area contributed by atoms with Crippen LogP contribution in [0.4, 0.5) is 19.0 Å². The summed E-state index contributed by atoms with van der Waals surface area (Å²) in [6, 6.07) is 3.11. The van der Waals surface area contributed by atoms with Crippen molar-refractivity contribution in [2.75, 3.05) is 24.5 Å². The van der Waals surface area contributed by atoms with Gasteiger partial charge in [0.15, 0.2) is 5.65 Å². The first-order chi connectivity index (χ1) is 16.6. The molecule has 0 aliphatic carbocycles. The number of halogens is 3. The molecule has 2 fully saturated rings. The minimum absolute atomic E-state index is 0.152. The van der Waals surface area contributed by atoms with Crippen LogP contribution in [0.15, 0.2) is 30.6 Å². The molecule has 0 aromatic carbocycles. The van der Waals surface area contributed by atoms with Crippen LogP contribution in [0.25, 0.3) is 5.65 Å². The highest BCUT2D eigenvalue weighted by Gasteiger charge is 2.35. The van der Waals surface area contributed by atoms with Crippen LogP contribution in [0.5, 0.6) is 0 Å². The van der Waals surface area contributed by atoms with E-state index in [1.165, 1.54) is 0 Å². The summed E-state index contributed by atoms with van der Waals surface area (Å²) in [6.45, 7) is 5.58. The maximum Gasteiger partial charge on any atom is 0.416 e. The smallest absolute Gasteiger partial charge is 0.391 e. The van der Waals surface area contributed by atoms with Gasteiger partial charge in [-0.2, -0.15) is 18.3 Å². The van der Waals surface area contributed by atoms with Gasteiger partial charge in [0.25, 0.3) is 5.91 Å². The van der Waals surface area contributed by atoms with Crippen molar-refractivity contribution in [3.8, 4) is 0 Å². The number of piperidine rings is 1. The number of anilines is 1. The third kappa shape index (κ3) is 4.44. The summed E-state index contributed by atoms with van der Waals surface area (Å²) >= 11 is 0. The zero-order chi connectivity index (χ0) is 24.9. The van der Waals surface area contributed by atoms with Crippen LogP contribution in [0.1, 0.15) is 59.5 Å². The quantitative estimate of drug-likeness (QED) is 0.606. The van der Waals surface area contributed by atoms with E-state index in [2.05, 4.69) is 15.0 Å². The number of pyridine rings is 1. The van der Waals surface area contributed by atoms with E-state index in [-0.39, 0.29) is 17.7 Å². The lowest BCUT2D eigenvalue weighted by Crippen LogP contribution is -2.39. The molecule has 0 spiro atoms. The molecule has 0 saturated carbocycles. The van der Waals surface area contributed by atoms with Crippen LogP contribution in [0.2, 0.25) is 0 Å². The van der Waals surface area contributed by atoms with E-state index in [1.807, 2.05) is 26.1 Å². The highest BCUT2D eigenvalue weighted by molar-refractivity contribution is 5.92. The van der Waals surface area contributed by atoms with Gasteiger partial charge in [0.2, 0.25) is 0 Å². The van der Waals surface area contributed by atoms with E-state index in [4.69, 9.17) is 4.98 Å². The van der Waals surface area contributed by atoms with Gasteiger partial charge in [-0.05, 0) is 38.3 Å². The average Bonchev–Trinajstić information content (AvgIpc) is 3.39. The Kier molecular flexibility index (Phi) is 5.90. The molecule has 35 heavy (non-hydrogen) atoms. The van der Waals surface area contributed by atoms with Crippen LogP contribution < -0.4 is 4.90 Å². The van der Waals surface area contributed by atoms with Crippen molar-refractivity contribution in [3.63, 3.8) is 0 Å². The average molecular weight is 489 g/mol. The van der Waals surface area contributed by atoms with Crippen LogP contribution in [0.3, 0.4) is 0 Å². The fourth-order valence-electron chi connectivity index (χ4n) is 4.98. The number of likely N-dealkylation sites (tertiary alicyclic amines) is 1. The summed E-state index contributed by atoms with van der Waals surface area (Å²) in [4.78, 5) is 25.6. The van der Waals surface area contributed by atoms with Gasteiger partial charge in [-0.3, -0.25) is 9.78 Å². The molecular weight excluding hydrogens is 461 g/mol. The molecule has 2 saturated heterocycles. The first-order valence-electron chi connectivity index (χ1n) is 11.8. The molecule has 2 aliphatic rings. The lowest BCUT2D eigenvalue weighted by Gasteiger charge is -2.34. The minimum Gasteiger partial charge on any atom is -0.391 e. The molecule has 1 N–H and O–H groups in total. The maximum atomic E-state index is 13.2. The largest absolute Gasteiger partial charge is 0.416 e. The second kappa shape index (κ2) is 8.78. The fourth-order valence-corrected chi connectivity index (χ4v) is 4.98. The lowest BCUT2D eigenvalue weighted by molar-refractivity contribution is -0.137. The van der Waals surface area contributed by atoms with Crippen molar-refractivity contribution in [2.24, 2.45) is 5.92 Å². The van der Waals surface area contributed by atoms with E-state index < -0.39 is 23.8 Å². The summed E-state index contributed by atoms with van der Waals surface area (Å²) < 4.78 is 41.2. The number of rotatable bonds is 3. The van der Waals surface area contributed by atoms with Gasteiger partial charge in [-0.1, -0.05) is 6.92 Å². The first kappa shape index (κ1) is 23.5. The van der Waals surface area contributed by atoms with E-state index in [0.29, 0.717) is 37.4 Å². The molecular formula is C24H27F3N6O2. The van der Waals surface area contributed by atoms with Crippen molar-refractivity contribution in [2.45, 2.75) is 51.4 Å². The van der Waals surface area contributed by atoms with Gasteiger partial charge in [-0.15, -0.1) is 0 Å². The predicted molar refractivity (Wildman–Crippen MR) is 122 cm³/mol. The molecule has 3 aromatic rings. The highest BCUT2D eigenvalue weighted by Crippen LogP contribution is 2.34. The predicted octanol–water partition coefficient (Wildman–Crippen LogP) is 3.64. The number of carbonyl (C=O) groups excluding carboxylic acids is 1. The second-order valence-electron chi connectivity index (χ2n) is 9.51. The van der Waals surface area contributed by atoms with Crippen molar-refractivity contribution in [3.05, 3.63) is 53.1 Å². The van der Waals surface area contributed by atoms with Crippen molar-refractivity contribution >= 4 is 17.4 Å². The Labute approximate surface area is 200 Å². The van der Waals surface area contributed by atoms with Crippen LogP contribution >= 0.6 is 0 Å². The van der Waals surface area contributed by atoms with Gasteiger partial charge in [0.05, 0.1) is 23.4 Å². The third-order valence-corrected chi connectivity index (χ3v) is 6.91. The number of aliphatic hydroxyl groups is 1. The molecule has 3 aromatic heterocycles. The Morgan fingerprint density at radius 2 is 2.00 bits per heavy atom. The molecule has 5 rings (SSSR count). The number of amides is 1. The van der Waals surface area contributed by atoms with Gasteiger partial charge in [0.1, 0.15) is 11.5 Å². The van der Waals surface area contributed by atoms with Gasteiger partial charge < -0.3 is 14.9 Å². The van der Waals surface area contributed by atoms with E-state index in [0.717, 1.165) is 42.6 Å². The monoisotopic (exact) mass is 488 g/mol. The molecule has 0 unspecified atom stereocenters. The number of fused-ring (bicyclic) bond motifs is 1. The number of nitrogens with zero attached hydrogens (tertiary/aromatic N) is 6. The number of β-amino-alcohol motifs (C(OH)–C–C–N with tert-alkyl or cyclic N) is 1. The van der Waals surface area contributed by atoms with Crippen molar-refractivity contribution < 1.29 is 23.1 Å². The molecule has 11 heteroatoms. The number of carbonyl (C=O) groups is 1. The number of hydrogen-bond donors (Lipinski definition) is 1. The van der Waals surface area contributed by atoms with Gasteiger partial charge in [-0.25, -0.2) is 9.50 Å². The second-order valence-corrected chi connectivity index (χ2v) is 9.51. The number of aromatic nitrogens is 4. The van der Waals surface area contributed by atoms with E-state index in [1.54, 1.807) is 9.42 Å². The molecule has 1 amide bonds.